The third-order valence-electron chi connectivity index (χ3n) is 2.90. The molecule has 0 spiro atoms. The summed E-state index contributed by atoms with van der Waals surface area (Å²) >= 11 is 0. The van der Waals surface area contributed by atoms with Crippen molar-refractivity contribution in [1.82, 2.24) is 10.6 Å². The average Bonchev–Trinajstić information content (AvgIpc) is 2.32. The van der Waals surface area contributed by atoms with Crippen LogP contribution in [-0.2, 0) is 9.53 Å². The molecule has 6 heteroatoms. The highest BCUT2D eigenvalue weighted by atomic mass is 16.5. The second-order valence-electron chi connectivity index (χ2n) is 4.50. The van der Waals surface area contributed by atoms with Gasteiger partial charge in [0, 0.05) is 19.8 Å². The van der Waals surface area contributed by atoms with Crippen LogP contribution in [0.3, 0.4) is 0 Å². The van der Waals surface area contributed by atoms with Crippen molar-refractivity contribution in [2.75, 3.05) is 13.7 Å². The second-order valence-corrected chi connectivity index (χ2v) is 4.50. The summed E-state index contributed by atoms with van der Waals surface area (Å²) < 4.78 is 4.90. The molecule has 0 aromatic heterocycles. The summed E-state index contributed by atoms with van der Waals surface area (Å²) in [6.45, 7) is 6.08. The van der Waals surface area contributed by atoms with Crippen molar-refractivity contribution in [3.63, 3.8) is 0 Å². The molecule has 0 aliphatic carbocycles. The van der Waals surface area contributed by atoms with Crippen molar-refractivity contribution in [2.24, 2.45) is 5.92 Å². The molecule has 1 unspecified atom stereocenters. The number of amides is 2. The van der Waals surface area contributed by atoms with Crippen LogP contribution in [0.1, 0.15) is 33.6 Å². The van der Waals surface area contributed by atoms with Gasteiger partial charge in [0.25, 0.3) is 0 Å². The fourth-order valence-electron chi connectivity index (χ4n) is 1.46. The van der Waals surface area contributed by atoms with E-state index < -0.39 is 18.0 Å². The molecule has 0 aliphatic heterocycles. The number of carboxylic acid groups (broad SMARTS) is 1. The lowest BCUT2D eigenvalue weighted by Crippen LogP contribution is -2.51. The van der Waals surface area contributed by atoms with E-state index in [4.69, 9.17) is 9.84 Å². The van der Waals surface area contributed by atoms with Gasteiger partial charge in [0.15, 0.2) is 0 Å². The Hall–Kier alpha value is -1.30. The highest BCUT2D eigenvalue weighted by molar-refractivity contribution is 5.82. The largest absolute Gasteiger partial charge is 0.480 e. The first-order chi connectivity index (χ1) is 8.42. The summed E-state index contributed by atoms with van der Waals surface area (Å²) in [6.07, 6.45) is 1.38. The number of carboxylic acids is 1. The maximum absolute atomic E-state index is 11.6. The number of hydrogen-bond donors (Lipinski definition) is 3. The summed E-state index contributed by atoms with van der Waals surface area (Å²) in [5.74, 6) is -1.12. The van der Waals surface area contributed by atoms with Crippen LogP contribution in [0.4, 0.5) is 4.79 Å². The zero-order chi connectivity index (χ0) is 14.1. The lowest BCUT2D eigenvalue weighted by Gasteiger charge is -2.22. The van der Waals surface area contributed by atoms with Crippen molar-refractivity contribution < 1.29 is 19.4 Å². The fourth-order valence-corrected chi connectivity index (χ4v) is 1.46. The van der Waals surface area contributed by atoms with Crippen molar-refractivity contribution in [3.05, 3.63) is 0 Å². The Morgan fingerprint density at radius 3 is 2.33 bits per heavy atom. The van der Waals surface area contributed by atoms with Crippen molar-refractivity contribution >= 4 is 12.0 Å². The molecule has 0 saturated heterocycles. The Morgan fingerprint density at radius 1 is 1.28 bits per heavy atom. The van der Waals surface area contributed by atoms with E-state index in [0.29, 0.717) is 19.4 Å². The number of urea groups is 1. The van der Waals surface area contributed by atoms with E-state index >= 15 is 0 Å². The molecule has 18 heavy (non-hydrogen) atoms. The van der Waals surface area contributed by atoms with Gasteiger partial charge in [-0.3, -0.25) is 0 Å². The number of nitrogens with one attached hydrogen (secondary N) is 2. The molecular weight excluding hydrogens is 236 g/mol. The first kappa shape index (κ1) is 16.7. The minimum atomic E-state index is -1.01. The van der Waals surface area contributed by atoms with E-state index in [-0.39, 0.29) is 12.0 Å². The van der Waals surface area contributed by atoms with Gasteiger partial charge in [-0.15, -0.1) is 0 Å². The van der Waals surface area contributed by atoms with Crippen molar-refractivity contribution in [3.8, 4) is 0 Å². The number of carbonyl (C=O) groups excluding carboxylic acids is 1. The molecule has 0 aromatic carbocycles. The summed E-state index contributed by atoms with van der Waals surface area (Å²) in [6, 6.07) is -1.37. The van der Waals surface area contributed by atoms with Crippen LogP contribution in [0, 0.1) is 5.92 Å². The van der Waals surface area contributed by atoms with Crippen molar-refractivity contribution in [1.29, 1.82) is 0 Å². The fraction of sp³-hybridized carbons (Fsp3) is 0.833. The van der Waals surface area contributed by atoms with Gasteiger partial charge in [0.05, 0.1) is 0 Å². The topological polar surface area (TPSA) is 87.7 Å². The molecule has 0 heterocycles. The predicted molar refractivity (Wildman–Crippen MR) is 68.5 cm³/mol. The summed E-state index contributed by atoms with van der Waals surface area (Å²) in [5.41, 5.74) is 0. The third kappa shape index (κ3) is 6.44. The van der Waals surface area contributed by atoms with Crippen LogP contribution >= 0.6 is 0 Å². The van der Waals surface area contributed by atoms with Crippen LogP contribution in [0.5, 0.6) is 0 Å². The predicted octanol–water partition coefficient (Wildman–Crippen LogP) is 1.21. The van der Waals surface area contributed by atoms with Gasteiger partial charge >= 0.3 is 12.0 Å². The van der Waals surface area contributed by atoms with Gasteiger partial charge in [-0.05, 0) is 19.3 Å². The van der Waals surface area contributed by atoms with E-state index in [0.717, 1.165) is 0 Å². The Kier molecular flexibility index (Phi) is 8.11. The lowest BCUT2D eigenvalue weighted by atomic mass is 9.99. The summed E-state index contributed by atoms with van der Waals surface area (Å²) in [5, 5.41) is 14.2. The Labute approximate surface area is 108 Å². The number of rotatable bonds is 8. The van der Waals surface area contributed by atoms with E-state index in [1.165, 1.54) is 0 Å². The lowest BCUT2D eigenvalue weighted by molar-refractivity contribution is -0.140. The van der Waals surface area contributed by atoms with Gasteiger partial charge < -0.3 is 20.5 Å². The SMILES string of the molecule is CC[C@H](C)[C@H](NC(=O)NC(C)CCOC)C(=O)O. The zero-order valence-corrected chi connectivity index (χ0v) is 11.5. The third-order valence-corrected chi connectivity index (χ3v) is 2.90. The van der Waals surface area contributed by atoms with Gasteiger partial charge in [0.2, 0.25) is 0 Å². The Morgan fingerprint density at radius 2 is 1.89 bits per heavy atom. The first-order valence-electron chi connectivity index (χ1n) is 6.21. The number of methoxy groups -OCH3 is 1. The average molecular weight is 260 g/mol. The molecular formula is C12H24N2O4. The minimum absolute atomic E-state index is 0.0590. The molecule has 0 radical (unpaired) electrons. The van der Waals surface area contributed by atoms with Gasteiger partial charge in [0.1, 0.15) is 6.04 Å². The molecule has 2 amide bonds. The second kappa shape index (κ2) is 8.74. The molecule has 3 atom stereocenters. The van der Waals surface area contributed by atoms with Gasteiger partial charge in [-0.2, -0.15) is 0 Å². The molecule has 0 bridgehead atoms. The highest BCUT2D eigenvalue weighted by Gasteiger charge is 2.25. The quantitative estimate of drug-likeness (QED) is 0.612. The Bertz CT molecular complexity index is 271. The summed E-state index contributed by atoms with van der Waals surface area (Å²) in [7, 11) is 1.59. The smallest absolute Gasteiger partial charge is 0.326 e. The molecule has 106 valence electrons. The molecule has 6 nitrogen and oxygen atoms in total. The van der Waals surface area contributed by atoms with Crippen LogP contribution in [0.15, 0.2) is 0 Å². The molecule has 0 fully saturated rings. The van der Waals surface area contributed by atoms with Crippen LogP contribution in [0.2, 0.25) is 0 Å². The zero-order valence-electron chi connectivity index (χ0n) is 11.5. The summed E-state index contributed by atoms with van der Waals surface area (Å²) in [4.78, 5) is 22.7. The molecule has 0 rings (SSSR count). The minimum Gasteiger partial charge on any atom is -0.480 e. The van der Waals surface area contributed by atoms with Crippen LogP contribution in [0.25, 0.3) is 0 Å². The van der Waals surface area contributed by atoms with E-state index in [9.17, 15) is 9.59 Å². The van der Waals surface area contributed by atoms with Crippen LogP contribution < -0.4 is 10.6 Å². The number of aliphatic carboxylic acids is 1. The molecule has 0 aromatic rings. The first-order valence-corrected chi connectivity index (χ1v) is 6.21. The van der Waals surface area contributed by atoms with E-state index in [1.54, 1.807) is 14.0 Å². The number of hydrogen-bond acceptors (Lipinski definition) is 3. The maximum Gasteiger partial charge on any atom is 0.326 e. The number of carbonyl (C=O) groups is 2. The van der Waals surface area contributed by atoms with Crippen molar-refractivity contribution in [2.45, 2.75) is 45.7 Å². The Balaban J connectivity index is 4.21. The normalized spacial score (nSPS) is 15.6. The maximum atomic E-state index is 11.6. The van der Waals surface area contributed by atoms with E-state index in [1.807, 2.05) is 13.8 Å². The van der Waals surface area contributed by atoms with Crippen LogP contribution in [-0.4, -0.2) is 42.9 Å². The molecule has 0 saturated carbocycles. The monoisotopic (exact) mass is 260 g/mol. The number of ether oxygens (including phenoxy) is 1. The van der Waals surface area contributed by atoms with E-state index in [2.05, 4.69) is 10.6 Å². The van der Waals surface area contributed by atoms with Gasteiger partial charge in [-0.1, -0.05) is 20.3 Å². The highest BCUT2D eigenvalue weighted by Crippen LogP contribution is 2.07. The molecule has 0 aliphatic rings. The molecule has 3 N–H and O–H groups in total. The standard InChI is InChI=1S/C12H24N2O4/c1-5-8(2)10(11(15)16)14-12(17)13-9(3)6-7-18-4/h8-10H,5-7H2,1-4H3,(H,15,16)(H2,13,14,17)/t8-,9?,10-/m0/s1. The van der Waals surface area contributed by atoms with Gasteiger partial charge in [-0.25, -0.2) is 9.59 Å².